The van der Waals surface area contributed by atoms with Gasteiger partial charge in [-0.2, -0.15) is 0 Å². The first-order chi connectivity index (χ1) is 9.70. The van der Waals surface area contributed by atoms with Gasteiger partial charge in [0.15, 0.2) is 0 Å². The van der Waals surface area contributed by atoms with Crippen LogP contribution in [0.15, 0.2) is 24.3 Å². The lowest BCUT2D eigenvalue weighted by atomic mass is 9.73. The maximum atomic E-state index is 13.3. The zero-order valence-electron chi connectivity index (χ0n) is 12.1. The summed E-state index contributed by atoms with van der Waals surface area (Å²) < 4.78 is 13.3. The molecular weight excluding hydrogens is 291 g/mol. The lowest BCUT2D eigenvalue weighted by Gasteiger charge is -2.44. The minimum atomic E-state index is -0.235. The van der Waals surface area contributed by atoms with Gasteiger partial charge < -0.3 is 10.2 Å². The molecule has 2 heterocycles. The number of carbonyl (C=O) groups is 1. The maximum Gasteiger partial charge on any atom is 0.230 e. The molecule has 1 aromatic carbocycles. The zero-order valence-corrected chi connectivity index (χ0v) is 12.9. The highest BCUT2D eigenvalue weighted by molar-refractivity contribution is 5.85. The monoisotopic (exact) mass is 312 g/mol. The van der Waals surface area contributed by atoms with Gasteiger partial charge in [-0.15, -0.1) is 12.4 Å². The van der Waals surface area contributed by atoms with Gasteiger partial charge in [0.05, 0.1) is 5.41 Å². The molecule has 1 N–H and O–H groups in total. The van der Waals surface area contributed by atoms with E-state index in [1.54, 1.807) is 6.07 Å². The van der Waals surface area contributed by atoms with Crippen LogP contribution in [0.4, 0.5) is 4.39 Å². The summed E-state index contributed by atoms with van der Waals surface area (Å²) in [5.74, 6) is 0.0150. The van der Waals surface area contributed by atoms with Gasteiger partial charge in [-0.05, 0) is 49.9 Å². The molecule has 0 aliphatic carbocycles. The van der Waals surface area contributed by atoms with Crippen molar-refractivity contribution < 1.29 is 9.18 Å². The number of hydrogen-bond donors (Lipinski definition) is 1. The second kappa shape index (κ2) is 6.75. The van der Waals surface area contributed by atoms with Crippen LogP contribution in [-0.2, 0) is 11.3 Å². The predicted octanol–water partition coefficient (Wildman–Crippen LogP) is 2.74. The van der Waals surface area contributed by atoms with Crippen molar-refractivity contribution in [3.63, 3.8) is 0 Å². The summed E-state index contributed by atoms with van der Waals surface area (Å²) in [4.78, 5) is 14.7. The molecule has 2 aliphatic heterocycles. The molecule has 1 unspecified atom stereocenters. The number of piperidine rings is 2. The second-order valence-corrected chi connectivity index (χ2v) is 6.02. The standard InChI is InChI=1S/C16H21FN2O.ClH/c17-14-5-1-4-13(10-14)11-19-9-3-7-16(15(19)20)6-2-8-18-12-16;/h1,4-5,10,18H,2-3,6-9,11-12H2;1H. The van der Waals surface area contributed by atoms with Crippen LogP contribution in [0.25, 0.3) is 0 Å². The quantitative estimate of drug-likeness (QED) is 0.910. The lowest BCUT2D eigenvalue weighted by molar-refractivity contribution is -0.148. The Kier molecular flexibility index (Phi) is 5.22. The Labute approximate surface area is 131 Å². The number of halogens is 2. The minimum absolute atomic E-state index is 0. The minimum Gasteiger partial charge on any atom is -0.338 e. The Morgan fingerprint density at radius 3 is 2.81 bits per heavy atom. The van der Waals surface area contributed by atoms with Gasteiger partial charge in [-0.3, -0.25) is 4.79 Å². The number of hydrogen-bond acceptors (Lipinski definition) is 2. The van der Waals surface area contributed by atoms with Gasteiger partial charge in [0.25, 0.3) is 0 Å². The molecule has 5 heteroatoms. The first kappa shape index (κ1) is 16.2. The average Bonchev–Trinajstić information content (AvgIpc) is 2.45. The molecule has 0 aromatic heterocycles. The summed E-state index contributed by atoms with van der Waals surface area (Å²) in [6, 6.07) is 6.55. The molecule has 116 valence electrons. The number of nitrogens with zero attached hydrogens (tertiary/aromatic N) is 1. The van der Waals surface area contributed by atoms with Crippen molar-refractivity contribution in [2.75, 3.05) is 19.6 Å². The fourth-order valence-electron chi connectivity index (χ4n) is 3.52. The molecule has 2 saturated heterocycles. The summed E-state index contributed by atoms with van der Waals surface area (Å²) in [7, 11) is 0. The fourth-order valence-corrected chi connectivity index (χ4v) is 3.52. The third-order valence-corrected chi connectivity index (χ3v) is 4.56. The molecule has 21 heavy (non-hydrogen) atoms. The van der Waals surface area contributed by atoms with Crippen molar-refractivity contribution in [1.82, 2.24) is 10.2 Å². The van der Waals surface area contributed by atoms with Crippen molar-refractivity contribution in [3.8, 4) is 0 Å². The van der Waals surface area contributed by atoms with Crippen LogP contribution in [0.2, 0.25) is 0 Å². The molecule has 1 amide bonds. The van der Waals surface area contributed by atoms with E-state index in [1.807, 2.05) is 11.0 Å². The smallest absolute Gasteiger partial charge is 0.230 e. The number of likely N-dealkylation sites (tertiary alicyclic amines) is 1. The number of carbonyl (C=O) groups excluding carboxylic acids is 1. The molecule has 1 aromatic rings. The largest absolute Gasteiger partial charge is 0.338 e. The SMILES string of the molecule is Cl.O=C1N(Cc2cccc(F)c2)CCCC12CCCNC2. The van der Waals surface area contributed by atoms with Crippen LogP contribution >= 0.6 is 12.4 Å². The van der Waals surface area contributed by atoms with Crippen LogP contribution in [0.1, 0.15) is 31.2 Å². The molecule has 0 saturated carbocycles. The maximum absolute atomic E-state index is 13.3. The van der Waals surface area contributed by atoms with E-state index in [0.29, 0.717) is 6.54 Å². The summed E-state index contributed by atoms with van der Waals surface area (Å²) in [6.07, 6.45) is 4.08. The van der Waals surface area contributed by atoms with E-state index in [4.69, 9.17) is 0 Å². The van der Waals surface area contributed by atoms with Crippen molar-refractivity contribution in [2.45, 2.75) is 32.2 Å². The Morgan fingerprint density at radius 2 is 2.10 bits per heavy atom. The van der Waals surface area contributed by atoms with E-state index in [9.17, 15) is 9.18 Å². The van der Waals surface area contributed by atoms with Gasteiger partial charge in [-0.1, -0.05) is 12.1 Å². The molecule has 3 nitrogen and oxygen atoms in total. The van der Waals surface area contributed by atoms with Crippen molar-refractivity contribution >= 4 is 18.3 Å². The molecule has 1 atom stereocenters. The summed E-state index contributed by atoms with van der Waals surface area (Å²) in [5.41, 5.74) is 0.670. The Balaban J connectivity index is 0.00000161. The third-order valence-electron chi connectivity index (χ3n) is 4.56. The van der Waals surface area contributed by atoms with Crippen LogP contribution in [0, 0.1) is 11.2 Å². The van der Waals surface area contributed by atoms with Crippen molar-refractivity contribution in [1.29, 1.82) is 0 Å². The lowest BCUT2D eigenvalue weighted by Crippen LogP contribution is -2.54. The Hall–Kier alpha value is -1.13. The molecule has 0 radical (unpaired) electrons. The first-order valence-electron chi connectivity index (χ1n) is 7.44. The van der Waals surface area contributed by atoms with Gasteiger partial charge in [0, 0.05) is 19.6 Å². The Bertz CT molecular complexity index is 497. The molecule has 2 aliphatic rings. The number of benzene rings is 1. The van der Waals surface area contributed by atoms with E-state index < -0.39 is 0 Å². The van der Waals surface area contributed by atoms with Gasteiger partial charge in [0.2, 0.25) is 5.91 Å². The molecule has 3 rings (SSSR count). The number of rotatable bonds is 2. The molecule has 0 bridgehead atoms. The normalized spacial score (nSPS) is 25.8. The molecular formula is C16H22ClFN2O. The highest BCUT2D eigenvalue weighted by Gasteiger charge is 2.44. The van der Waals surface area contributed by atoms with Crippen LogP contribution in [0.5, 0.6) is 0 Å². The second-order valence-electron chi connectivity index (χ2n) is 6.02. The zero-order chi connectivity index (χ0) is 14.0. The van der Waals surface area contributed by atoms with E-state index in [-0.39, 0.29) is 29.5 Å². The van der Waals surface area contributed by atoms with E-state index in [2.05, 4.69) is 5.32 Å². The highest BCUT2D eigenvalue weighted by atomic mass is 35.5. The number of nitrogens with one attached hydrogen (secondary N) is 1. The predicted molar refractivity (Wildman–Crippen MR) is 82.8 cm³/mol. The highest BCUT2D eigenvalue weighted by Crippen LogP contribution is 2.37. The van der Waals surface area contributed by atoms with Gasteiger partial charge in [0.1, 0.15) is 5.82 Å². The molecule has 2 fully saturated rings. The van der Waals surface area contributed by atoms with Crippen LogP contribution in [0.3, 0.4) is 0 Å². The van der Waals surface area contributed by atoms with Crippen molar-refractivity contribution in [2.24, 2.45) is 5.41 Å². The fraction of sp³-hybridized carbons (Fsp3) is 0.562. The summed E-state index contributed by atoms with van der Waals surface area (Å²) in [6.45, 7) is 3.12. The summed E-state index contributed by atoms with van der Waals surface area (Å²) >= 11 is 0. The topological polar surface area (TPSA) is 32.3 Å². The van der Waals surface area contributed by atoms with Crippen LogP contribution in [-0.4, -0.2) is 30.4 Å². The summed E-state index contributed by atoms with van der Waals surface area (Å²) in [5, 5.41) is 3.36. The number of amides is 1. The van der Waals surface area contributed by atoms with Gasteiger partial charge >= 0.3 is 0 Å². The van der Waals surface area contributed by atoms with E-state index >= 15 is 0 Å². The first-order valence-corrected chi connectivity index (χ1v) is 7.44. The van der Waals surface area contributed by atoms with E-state index in [0.717, 1.165) is 50.9 Å². The average molecular weight is 313 g/mol. The van der Waals surface area contributed by atoms with Gasteiger partial charge in [-0.25, -0.2) is 4.39 Å². The molecule has 1 spiro atoms. The van der Waals surface area contributed by atoms with Crippen LogP contribution < -0.4 is 5.32 Å². The Morgan fingerprint density at radius 1 is 1.29 bits per heavy atom. The van der Waals surface area contributed by atoms with E-state index in [1.165, 1.54) is 12.1 Å². The third kappa shape index (κ3) is 3.38. The van der Waals surface area contributed by atoms with Crippen molar-refractivity contribution in [3.05, 3.63) is 35.6 Å².